The molecule has 8 nitrogen and oxygen atoms in total. The second-order valence-electron chi connectivity index (χ2n) is 10.5. The number of ether oxygens (including phenoxy) is 6. The molecular formula is C34H54O8. The van der Waals surface area contributed by atoms with Crippen molar-refractivity contribution in [2.75, 3.05) is 53.9 Å². The zero-order chi connectivity index (χ0) is 30.7. The Balaban J connectivity index is 0.000000978. The average molecular weight is 591 g/mol. The van der Waals surface area contributed by atoms with Crippen LogP contribution in [0.1, 0.15) is 87.9 Å². The summed E-state index contributed by atoms with van der Waals surface area (Å²) in [6.45, 7) is 11.0. The Morgan fingerprint density at radius 3 is 1.21 bits per heavy atom. The lowest BCUT2D eigenvalue weighted by Gasteiger charge is -2.31. The molecule has 1 aromatic carbocycles. The fraction of sp³-hybridized carbons (Fsp3) is 0.647. The summed E-state index contributed by atoms with van der Waals surface area (Å²) in [5, 5.41) is 0. The lowest BCUT2D eigenvalue weighted by atomic mass is 10.0. The van der Waals surface area contributed by atoms with Gasteiger partial charge in [-0.2, -0.15) is 0 Å². The molecule has 0 aliphatic carbocycles. The first kappa shape index (κ1) is 37.8. The maximum Gasteiger partial charge on any atom is 0.183 e. The minimum absolute atomic E-state index is 0.270. The lowest BCUT2D eigenvalue weighted by molar-refractivity contribution is -0.207. The van der Waals surface area contributed by atoms with Gasteiger partial charge >= 0.3 is 0 Å². The standard InChI is InChI=1S/C28H46O6.2C3H4O/c1-29-17-9-5-3-7-11-23-19-31-27(32-20-23)25-13-15-26(16-14-25)28-33-21-24(22-34-28)12-8-4-6-10-18-30-2;2*1-2-3-4/h13-16,23-24,27-28H,3-12,17-22H2,1-2H3;2*2-3H,1H2. The van der Waals surface area contributed by atoms with Crippen LogP contribution in [0.2, 0.25) is 0 Å². The second kappa shape index (κ2) is 26.4. The molecule has 1 aromatic rings. The summed E-state index contributed by atoms with van der Waals surface area (Å²) in [6.07, 6.45) is 15.2. The quantitative estimate of drug-likeness (QED) is 0.103. The molecular weight excluding hydrogens is 536 g/mol. The number of hydrogen-bond donors (Lipinski definition) is 0. The van der Waals surface area contributed by atoms with Gasteiger partial charge in [-0.1, -0.05) is 75.9 Å². The number of carbonyl (C=O) groups excluding carboxylic acids is 2. The van der Waals surface area contributed by atoms with Crippen LogP contribution in [0.5, 0.6) is 0 Å². The van der Waals surface area contributed by atoms with Crippen LogP contribution >= 0.6 is 0 Å². The van der Waals surface area contributed by atoms with Crippen molar-refractivity contribution in [2.24, 2.45) is 11.8 Å². The first-order valence-electron chi connectivity index (χ1n) is 15.3. The Kier molecular flexibility index (Phi) is 23.8. The summed E-state index contributed by atoms with van der Waals surface area (Å²) in [4.78, 5) is 18.1. The van der Waals surface area contributed by atoms with Crippen LogP contribution in [-0.2, 0) is 38.0 Å². The van der Waals surface area contributed by atoms with Crippen molar-refractivity contribution in [1.82, 2.24) is 0 Å². The topological polar surface area (TPSA) is 89.5 Å². The first-order chi connectivity index (χ1) is 20.6. The fourth-order valence-electron chi connectivity index (χ4n) is 4.68. The third kappa shape index (κ3) is 17.7. The summed E-state index contributed by atoms with van der Waals surface area (Å²) >= 11 is 0. The monoisotopic (exact) mass is 590 g/mol. The zero-order valence-electron chi connectivity index (χ0n) is 25.9. The number of aldehydes is 2. The Labute approximate surface area is 253 Å². The third-order valence-electron chi connectivity index (χ3n) is 7.03. The van der Waals surface area contributed by atoms with Crippen molar-refractivity contribution in [2.45, 2.75) is 76.8 Å². The van der Waals surface area contributed by atoms with Crippen LogP contribution < -0.4 is 0 Å². The number of unbranched alkanes of at least 4 members (excludes halogenated alkanes) is 6. The summed E-state index contributed by atoms with van der Waals surface area (Å²) < 4.78 is 34.3. The SMILES string of the molecule is C=CC=O.C=CC=O.COCCCCCCC1COC(c2ccc(C3OCC(CCCCCCOC)CO3)cc2)OC1. The summed E-state index contributed by atoms with van der Waals surface area (Å²) in [5.74, 6) is 1.00. The highest BCUT2D eigenvalue weighted by Gasteiger charge is 2.26. The Morgan fingerprint density at radius 1 is 0.619 bits per heavy atom. The van der Waals surface area contributed by atoms with E-state index >= 15 is 0 Å². The minimum Gasteiger partial charge on any atom is -0.385 e. The normalized spacial score (nSPS) is 21.6. The lowest BCUT2D eigenvalue weighted by Crippen LogP contribution is -2.28. The van der Waals surface area contributed by atoms with Gasteiger partial charge in [0, 0.05) is 50.4 Å². The highest BCUT2D eigenvalue weighted by Crippen LogP contribution is 2.31. The number of methoxy groups -OCH3 is 2. The van der Waals surface area contributed by atoms with E-state index in [1.165, 1.54) is 63.5 Å². The highest BCUT2D eigenvalue weighted by molar-refractivity contribution is 5.63. The van der Waals surface area contributed by atoms with E-state index in [0.29, 0.717) is 24.4 Å². The molecule has 0 amide bonds. The van der Waals surface area contributed by atoms with E-state index in [2.05, 4.69) is 37.4 Å². The molecule has 2 saturated heterocycles. The number of benzene rings is 1. The van der Waals surface area contributed by atoms with Crippen LogP contribution in [-0.4, -0.2) is 66.4 Å². The first-order valence-corrected chi connectivity index (χ1v) is 15.3. The largest absolute Gasteiger partial charge is 0.385 e. The van der Waals surface area contributed by atoms with Crippen LogP contribution in [0.3, 0.4) is 0 Å². The van der Waals surface area contributed by atoms with Gasteiger partial charge in [0.2, 0.25) is 0 Å². The van der Waals surface area contributed by atoms with Gasteiger partial charge in [-0.25, -0.2) is 0 Å². The smallest absolute Gasteiger partial charge is 0.183 e. The van der Waals surface area contributed by atoms with Crippen molar-refractivity contribution < 1.29 is 38.0 Å². The van der Waals surface area contributed by atoms with Crippen LogP contribution in [0.25, 0.3) is 0 Å². The van der Waals surface area contributed by atoms with Crippen molar-refractivity contribution in [3.8, 4) is 0 Å². The number of allylic oxidation sites excluding steroid dienone is 2. The summed E-state index contributed by atoms with van der Waals surface area (Å²) in [6, 6.07) is 8.31. The molecule has 0 spiro atoms. The molecule has 0 unspecified atom stereocenters. The van der Waals surface area contributed by atoms with Gasteiger partial charge in [-0.15, -0.1) is 0 Å². The maximum absolute atomic E-state index is 9.06. The van der Waals surface area contributed by atoms with Crippen molar-refractivity contribution in [3.05, 3.63) is 60.7 Å². The summed E-state index contributed by atoms with van der Waals surface area (Å²) in [7, 11) is 3.53. The van der Waals surface area contributed by atoms with Gasteiger partial charge in [-0.3, -0.25) is 9.59 Å². The van der Waals surface area contributed by atoms with E-state index in [0.717, 1.165) is 63.6 Å². The molecule has 2 aliphatic rings. The molecule has 0 radical (unpaired) electrons. The van der Waals surface area contributed by atoms with E-state index < -0.39 is 0 Å². The number of rotatable bonds is 18. The molecule has 0 N–H and O–H groups in total. The zero-order valence-corrected chi connectivity index (χ0v) is 25.9. The minimum atomic E-state index is -0.270. The summed E-state index contributed by atoms with van der Waals surface area (Å²) in [5.41, 5.74) is 2.12. The van der Waals surface area contributed by atoms with Gasteiger partial charge in [0.05, 0.1) is 26.4 Å². The van der Waals surface area contributed by atoms with Gasteiger partial charge in [-0.05, 0) is 37.8 Å². The van der Waals surface area contributed by atoms with E-state index in [1.54, 1.807) is 14.2 Å². The maximum atomic E-state index is 9.06. The van der Waals surface area contributed by atoms with Crippen LogP contribution in [0, 0.1) is 11.8 Å². The van der Waals surface area contributed by atoms with Crippen LogP contribution in [0.4, 0.5) is 0 Å². The molecule has 2 fully saturated rings. The molecule has 0 bridgehead atoms. The van der Waals surface area contributed by atoms with E-state index in [9.17, 15) is 0 Å². The second-order valence-corrected chi connectivity index (χ2v) is 10.5. The Morgan fingerprint density at radius 2 is 0.929 bits per heavy atom. The predicted octanol–water partition coefficient (Wildman–Crippen LogP) is 6.95. The van der Waals surface area contributed by atoms with Crippen molar-refractivity contribution in [3.63, 3.8) is 0 Å². The van der Waals surface area contributed by atoms with E-state index in [-0.39, 0.29) is 12.6 Å². The number of carbonyl (C=O) groups is 2. The third-order valence-corrected chi connectivity index (χ3v) is 7.03. The fourth-order valence-corrected chi connectivity index (χ4v) is 4.68. The van der Waals surface area contributed by atoms with Gasteiger partial charge in [0.15, 0.2) is 12.6 Å². The van der Waals surface area contributed by atoms with Crippen molar-refractivity contribution in [1.29, 1.82) is 0 Å². The van der Waals surface area contributed by atoms with Gasteiger partial charge < -0.3 is 28.4 Å². The molecule has 0 saturated carbocycles. The van der Waals surface area contributed by atoms with Gasteiger partial charge in [0.1, 0.15) is 12.6 Å². The molecule has 3 rings (SSSR count). The number of hydrogen-bond acceptors (Lipinski definition) is 8. The van der Waals surface area contributed by atoms with Gasteiger partial charge in [0.25, 0.3) is 0 Å². The Bertz CT molecular complexity index is 717. The molecule has 0 atom stereocenters. The Hall–Kier alpha value is -2.20. The molecule has 2 aliphatic heterocycles. The molecule has 238 valence electrons. The van der Waals surface area contributed by atoms with Crippen molar-refractivity contribution >= 4 is 12.6 Å². The molecule has 2 heterocycles. The average Bonchev–Trinajstić information content (AvgIpc) is 3.05. The molecule has 8 heteroatoms. The van der Waals surface area contributed by atoms with Crippen LogP contribution in [0.15, 0.2) is 49.6 Å². The predicted molar refractivity (Wildman–Crippen MR) is 165 cm³/mol. The highest BCUT2D eigenvalue weighted by atomic mass is 16.7. The van der Waals surface area contributed by atoms with E-state index in [1.807, 2.05) is 0 Å². The van der Waals surface area contributed by atoms with E-state index in [4.69, 9.17) is 38.0 Å². The molecule has 0 aromatic heterocycles. The molecule has 42 heavy (non-hydrogen) atoms.